The van der Waals surface area contributed by atoms with Crippen LogP contribution in [0.5, 0.6) is 0 Å². The van der Waals surface area contributed by atoms with Crippen molar-refractivity contribution in [3.63, 3.8) is 0 Å². The maximum atomic E-state index is 11.6. The van der Waals surface area contributed by atoms with Crippen LogP contribution in [0.1, 0.15) is 83.1 Å². The number of hydrogen-bond acceptors (Lipinski definition) is 20. The van der Waals surface area contributed by atoms with Crippen LogP contribution in [0, 0.1) is 44.6 Å². The molecule has 0 aliphatic carbocycles. The zero-order chi connectivity index (χ0) is 95.6. The number of aliphatic hydroxyl groups excluding tert-OH is 1. The predicted molar refractivity (Wildman–Crippen MR) is 608 cm³/mol. The Morgan fingerprint density at radius 1 is 0.343 bits per heavy atom. The van der Waals surface area contributed by atoms with Gasteiger partial charge in [-0.25, -0.2) is 4.79 Å². The van der Waals surface area contributed by atoms with E-state index in [1.807, 2.05) is 202 Å². The van der Waals surface area contributed by atoms with Crippen molar-refractivity contribution in [1.29, 1.82) is 1.43 Å². The Labute approximate surface area is 941 Å². The Balaban J connectivity index is -0.0000000609. The fraction of sp³-hybridized carbons (Fsp3) is 0.557. The molecule has 6 heterocycles. The van der Waals surface area contributed by atoms with Crippen LogP contribution in [0.25, 0.3) is 1.43 Å². The third kappa shape index (κ3) is 82.5. The normalized spacial score (nSPS) is 16.3. The molecule has 6 aliphatic heterocycles. The quantitative estimate of drug-likeness (QED) is 0.0313. The van der Waals surface area contributed by atoms with Gasteiger partial charge in [0.2, 0.25) is 0 Å². The molecule has 12 unspecified atom stereocenters. The molecule has 778 valence electrons. The van der Waals surface area contributed by atoms with E-state index in [0.29, 0.717) is 50.5 Å². The van der Waals surface area contributed by atoms with E-state index in [1.165, 1.54) is 34.8 Å². The van der Waals surface area contributed by atoms with E-state index < -0.39 is 12.0 Å². The van der Waals surface area contributed by atoms with Crippen LogP contribution < -0.4 is 34.7 Å². The molecular weight excluding hydrogens is 2830 g/mol. The zero-order valence-electron chi connectivity index (χ0n) is 89.9. The number of para-hydroxylation sites is 6. The summed E-state index contributed by atoms with van der Waals surface area (Å²) in [6.07, 6.45) is 1.47. The maximum absolute atomic E-state index is 11.6. The molecule has 0 saturated carbocycles. The Kier molecular flexibility index (Phi) is 184. The van der Waals surface area contributed by atoms with Gasteiger partial charge in [0.05, 0.1) is 43.4 Å². The smallest absolute Gasteiger partial charge is 0.327 e. The van der Waals surface area contributed by atoms with Crippen molar-refractivity contribution in [2.24, 2.45) is 0 Å². The molecule has 0 bridgehead atoms. The first-order valence-corrected chi connectivity index (χ1v) is 50.9. The van der Waals surface area contributed by atoms with Gasteiger partial charge in [-0.15, -0.1) is 67.0 Å². The van der Waals surface area contributed by atoms with Crippen molar-refractivity contribution in [2.45, 2.75) is 119 Å². The number of ether oxygens (including phenoxy) is 1. The fourth-order valence-electron chi connectivity index (χ4n) is 12.9. The molecule has 12 rings (SSSR count). The first-order chi connectivity index (χ1) is 60.4. The number of halogens is 1. The van der Waals surface area contributed by atoms with Gasteiger partial charge in [0.25, 0.3) is 33.6 Å². The zero-order valence-corrected chi connectivity index (χ0v) is 114. The van der Waals surface area contributed by atoms with E-state index in [9.17, 15) is 9.90 Å². The van der Waals surface area contributed by atoms with Gasteiger partial charge in [0.1, 0.15) is 6.04 Å². The molecule has 20 nitrogen and oxygen atoms in total. The molecule has 4 N–H and O–H groups in total. The summed E-state index contributed by atoms with van der Waals surface area (Å²) >= 11 is 4.64. The maximum Gasteiger partial charge on any atom is 0.327 e. The number of aliphatic hydroxyl groups is 1. The molecule has 0 amide bonds. The number of anilines is 6. The molecule has 6 aromatic rings. The van der Waals surface area contributed by atoms with Crippen molar-refractivity contribution in [2.75, 3.05) is 269 Å². The second kappa shape index (κ2) is 137. The molecule has 8 radical (unpaired) electrons. The Morgan fingerprint density at radius 2 is 0.537 bits per heavy atom. The van der Waals surface area contributed by atoms with E-state index in [1.54, 1.807) is 7.11 Å². The summed E-state index contributed by atoms with van der Waals surface area (Å²) in [6.45, 7) is 55.8. The SMILES string of the molecule is CC.CC.CC.CC.CC.CC.CCl.CN1CCN(c2ccccc2)C(CO)C1.COCC1CN(C)CCN1c1ccccc1.CP.CP.CP.CP.CP.CP.[3H]OC(=O)C1CN(C)CCN1c1ccccc1.[B]O.[B]OCC1CN(C)CCN1c1ccccc1.[B]OCC1CN(C)CCN1c1ccccc1.[B]OCC1CNCCN1c1ccccc1.[CH3-].[CH3-].[CH3-].[CH3-].[CH3-].[CH3-].[W].[W].[W].[W].[W].[W]. The molecule has 6 aromatic carbocycles. The van der Waals surface area contributed by atoms with Crippen molar-refractivity contribution < 1.29 is 165 Å². The molecule has 6 aliphatic rings. The number of rotatable bonds is 16. The van der Waals surface area contributed by atoms with Gasteiger partial charge in [0.15, 0.2) is 0 Å². The van der Waals surface area contributed by atoms with Gasteiger partial charge in [-0.1, -0.05) is 232 Å². The summed E-state index contributed by atoms with van der Waals surface area (Å²) in [6, 6.07) is 63.2. The van der Waals surface area contributed by atoms with E-state index in [0.717, 1.165) is 124 Å². The number of piperazine rings is 6. The Hall–Kier alpha value is 0.370. The number of carboxylic acids is 1. The number of alkyl halides is 1. The van der Waals surface area contributed by atoms with E-state index in [4.69, 9.17) is 49.3 Å². The summed E-state index contributed by atoms with van der Waals surface area (Å²) in [5.74, 6) is -0.500. The number of methoxy groups -OCH3 is 1. The second-order valence-electron chi connectivity index (χ2n) is 24.9. The summed E-state index contributed by atoms with van der Waals surface area (Å²) in [5.41, 5.74) is 7.25. The topological polar surface area (TPSA) is 162 Å². The van der Waals surface area contributed by atoms with Crippen LogP contribution >= 0.6 is 67.0 Å². The van der Waals surface area contributed by atoms with Gasteiger partial charge in [-0.3, -0.25) is 0 Å². The van der Waals surface area contributed by atoms with E-state index in [-0.39, 0.29) is 184 Å². The van der Waals surface area contributed by atoms with Crippen LogP contribution in [0.4, 0.5) is 34.1 Å². The minimum atomic E-state index is -0.500. The molecule has 0 spiro atoms. The minimum Gasteiger partial charge on any atom is -0.480 e. The second-order valence-corrected chi connectivity index (χ2v) is 24.9. The van der Waals surface area contributed by atoms with Gasteiger partial charge in [0, 0.05) is 312 Å². The van der Waals surface area contributed by atoms with E-state index in [2.05, 4.69) is 278 Å². The average molecular weight is 3020 g/mol. The van der Waals surface area contributed by atoms with E-state index >= 15 is 0 Å². The molecule has 37 heteroatoms. The van der Waals surface area contributed by atoms with Gasteiger partial charge in [-0.05, 0) is 108 Å². The number of carbonyl (C=O) groups is 1. The fourth-order valence-corrected chi connectivity index (χ4v) is 12.9. The van der Waals surface area contributed by atoms with Crippen molar-refractivity contribution >= 4 is 139 Å². The summed E-state index contributed by atoms with van der Waals surface area (Å²) in [4.78, 5) is 36.7. The number of nitrogens with zero attached hydrogens (tertiary/aromatic N) is 11. The predicted octanol–water partition coefficient (Wildman–Crippen LogP) is 17.2. The van der Waals surface area contributed by atoms with Crippen LogP contribution in [0.2, 0.25) is 0 Å². The van der Waals surface area contributed by atoms with Crippen LogP contribution in [0.15, 0.2) is 182 Å². The molecule has 134 heavy (non-hydrogen) atoms. The number of aliphatic carboxylic acids is 1. The number of hydrogen-bond donors (Lipinski definition) is 4. The number of benzene rings is 6. The monoisotopic (exact) mass is 3020 g/mol. The summed E-state index contributed by atoms with van der Waals surface area (Å²) < 4.78 is 26.5. The van der Waals surface area contributed by atoms with Gasteiger partial charge >= 0.3 is 5.97 Å². The standard InChI is InChI=1S/C13H20N2O.2C12H17BN2O.C12H16N2O2.C12H18N2O.C11H15BN2O.6C2H6.CH3Cl.6CH5P.6CH3.BHO.6W/c1-14-8-9-15(13(10-14)11-16-2)12-6-4-3-5-7-12;2*1-14-7-8-15(12(9-14)10-16-13)11-5-3-2-4-6-11;1-13-7-8-14(11(9-13)12(15)16)10-5-3-2-4-6-10;1-13-7-8-14(12(9-13)10-15)11-5-3-2-4-6-11;12-15-9-11-8-13-6-7-14(11)10-4-2-1-3-5-10;13*1-2;;;;;;;1-2;;;;;;/h3-7,13H,8-11H2,1-2H3;2*2-6,12H,7-10H2,1H3;2-6,11H,7-9H2,1H3,(H,15,16);2-6,12,15H,7-10H2,1H3;1-5,11,13H,6-9H2;6*1-2H3;1H3;6*2H2,1H3;6*1H3;2H;;;;;;/q;;;;;;;;;;;;;;;;;;;6*-1;;;;;;;/i/hT. The van der Waals surface area contributed by atoms with Crippen molar-refractivity contribution in [3.8, 4) is 0 Å². The van der Waals surface area contributed by atoms with Crippen molar-refractivity contribution in [1.82, 2.24) is 29.8 Å². The third-order valence-corrected chi connectivity index (χ3v) is 17.9. The average Bonchev–Trinajstić information content (AvgIpc) is 0.815. The van der Waals surface area contributed by atoms with Crippen LogP contribution in [-0.2, 0) is 150 Å². The first kappa shape index (κ1) is 180. The largest absolute Gasteiger partial charge is 0.480 e. The Bertz CT molecular complexity index is 2870. The summed E-state index contributed by atoms with van der Waals surface area (Å²) in [5, 5.41) is 23.3. The first-order valence-electron chi connectivity index (χ1n) is 43.6. The third-order valence-electron chi connectivity index (χ3n) is 17.9. The summed E-state index contributed by atoms with van der Waals surface area (Å²) in [7, 11) is 45.8. The van der Waals surface area contributed by atoms with Crippen molar-refractivity contribution in [3.05, 3.63) is 227 Å². The molecule has 6 fully saturated rings. The van der Waals surface area contributed by atoms with Crippen LogP contribution in [0.3, 0.4) is 0 Å². The molecule has 6 saturated heterocycles. The molecule has 12 atom stereocenters. The molecule has 0 aromatic heterocycles. The van der Waals surface area contributed by atoms with Gasteiger partial charge < -0.3 is 138 Å². The number of nitrogens with one attached hydrogen (secondary N) is 1. The molecular formula is C97H191B4ClN12O8P6W6-6. The van der Waals surface area contributed by atoms with Gasteiger partial charge in [-0.2, -0.15) is 0 Å². The minimum absolute atomic E-state index is 0. The Morgan fingerprint density at radius 3 is 0.761 bits per heavy atom. The number of carboxylic acid groups (broad SMARTS) is 1. The number of likely N-dealkylation sites (N-methyl/N-ethyl adjacent to an activating group) is 5. The van der Waals surface area contributed by atoms with Crippen LogP contribution in [-0.4, -0.2) is 354 Å².